The zero-order valence-corrected chi connectivity index (χ0v) is 14.5. The average molecular weight is 346 g/mol. The summed E-state index contributed by atoms with van der Waals surface area (Å²) in [6, 6.07) is 0. The topological polar surface area (TPSA) is 82.6 Å². The Morgan fingerprint density at radius 2 is 2.09 bits per heavy atom. The first kappa shape index (κ1) is 17.3. The number of carbonyl (C=O) groups is 1. The van der Waals surface area contributed by atoms with Crippen molar-refractivity contribution in [1.29, 1.82) is 0 Å². The van der Waals surface area contributed by atoms with Gasteiger partial charge < -0.3 is 5.32 Å². The van der Waals surface area contributed by atoms with Crippen molar-refractivity contribution in [2.75, 3.05) is 39.5 Å². The highest BCUT2D eigenvalue weighted by molar-refractivity contribution is 7.89. The van der Waals surface area contributed by atoms with Crippen LogP contribution in [0.5, 0.6) is 0 Å². The van der Waals surface area contributed by atoms with Gasteiger partial charge in [0.05, 0.1) is 18.5 Å². The Bertz CT molecular complexity index is 607. The van der Waals surface area contributed by atoms with Gasteiger partial charge in [-0.1, -0.05) is 0 Å². The van der Waals surface area contributed by atoms with Crippen LogP contribution in [-0.4, -0.2) is 68.0 Å². The van der Waals surface area contributed by atoms with Gasteiger partial charge >= 0.3 is 0 Å². The summed E-state index contributed by atoms with van der Waals surface area (Å²) in [5.41, 5.74) is 0. The highest BCUT2D eigenvalue weighted by Gasteiger charge is 2.17. The van der Waals surface area contributed by atoms with E-state index in [4.69, 9.17) is 0 Å². The molecule has 124 valence electrons. The van der Waals surface area contributed by atoms with Gasteiger partial charge in [-0.25, -0.2) is 17.7 Å². The van der Waals surface area contributed by atoms with Gasteiger partial charge in [-0.15, -0.1) is 11.3 Å². The molecular weight excluding hydrogens is 324 g/mol. The molecule has 1 fully saturated rings. The number of nitrogens with one attached hydrogen (secondary N) is 1. The molecule has 2 heterocycles. The Balaban J connectivity index is 1.81. The number of carbonyl (C=O) groups excluding carboxylic acids is 1. The Morgan fingerprint density at radius 1 is 1.41 bits per heavy atom. The first-order chi connectivity index (χ1) is 10.4. The van der Waals surface area contributed by atoms with E-state index in [1.165, 1.54) is 38.3 Å². The number of aromatic nitrogens is 1. The van der Waals surface area contributed by atoms with Crippen LogP contribution >= 0.6 is 11.3 Å². The summed E-state index contributed by atoms with van der Waals surface area (Å²) in [5.74, 6) is -0.371. The number of nitrogens with zero attached hydrogens (tertiary/aromatic N) is 3. The maximum absolute atomic E-state index is 12.0. The third-order valence-electron chi connectivity index (χ3n) is 3.54. The molecular formula is C13H22N4O3S2. The highest BCUT2D eigenvalue weighted by atomic mass is 32.2. The summed E-state index contributed by atoms with van der Waals surface area (Å²) in [4.78, 5) is 19.1. The molecule has 0 spiro atoms. The van der Waals surface area contributed by atoms with Gasteiger partial charge in [0.15, 0.2) is 0 Å². The number of hydrogen-bond donors (Lipinski definition) is 1. The van der Waals surface area contributed by atoms with Crippen LogP contribution in [0.3, 0.4) is 0 Å². The summed E-state index contributed by atoms with van der Waals surface area (Å²) >= 11 is 1.37. The number of likely N-dealkylation sites (tertiary alicyclic amines) is 1. The zero-order chi connectivity index (χ0) is 16.2. The van der Waals surface area contributed by atoms with Crippen LogP contribution in [0.1, 0.15) is 27.5 Å². The molecule has 0 saturated carbocycles. The van der Waals surface area contributed by atoms with Crippen molar-refractivity contribution in [1.82, 2.24) is 19.5 Å². The molecule has 7 nitrogen and oxygen atoms in total. The van der Waals surface area contributed by atoms with Crippen molar-refractivity contribution >= 4 is 27.3 Å². The third-order valence-corrected chi connectivity index (χ3v) is 6.35. The van der Waals surface area contributed by atoms with Crippen LogP contribution in [0.4, 0.5) is 0 Å². The molecule has 1 aliphatic rings. The van der Waals surface area contributed by atoms with E-state index in [1.807, 2.05) is 0 Å². The Labute approximate surface area is 135 Å². The van der Waals surface area contributed by atoms with Crippen molar-refractivity contribution in [3.05, 3.63) is 16.1 Å². The number of hydrogen-bond acceptors (Lipinski definition) is 6. The predicted octanol–water partition coefficient (Wildman–Crippen LogP) is 0.360. The van der Waals surface area contributed by atoms with E-state index in [9.17, 15) is 13.2 Å². The number of thiazole rings is 1. The Morgan fingerprint density at radius 3 is 2.73 bits per heavy atom. The summed E-state index contributed by atoms with van der Waals surface area (Å²) in [7, 11) is -0.333. The van der Waals surface area contributed by atoms with Crippen LogP contribution in [0.2, 0.25) is 0 Å². The molecule has 1 aromatic heterocycles. The molecule has 0 radical (unpaired) electrons. The van der Waals surface area contributed by atoms with Crippen molar-refractivity contribution in [3.63, 3.8) is 0 Å². The lowest BCUT2D eigenvalue weighted by Crippen LogP contribution is -2.33. The van der Waals surface area contributed by atoms with Crippen LogP contribution < -0.4 is 5.32 Å². The standard InChI is InChI=1S/C13H22N4O3S2/c1-16(2)22(19,20)8-5-14-13(18)11-9-15-12(21-11)10-17-6-3-4-7-17/h9H,3-8,10H2,1-2H3,(H,14,18). The fraction of sp³-hybridized carbons (Fsp3) is 0.692. The molecule has 0 bridgehead atoms. The quantitative estimate of drug-likeness (QED) is 0.771. The van der Waals surface area contributed by atoms with E-state index in [-0.39, 0.29) is 18.2 Å². The second-order valence-electron chi connectivity index (χ2n) is 5.46. The van der Waals surface area contributed by atoms with Gasteiger partial charge in [0.2, 0.25) is 10.0 Å². The van der Waals surface area contributed by atoms with Crippen molar-refractivity contribution < 1.29 is 13.2 Å². The Kier molecular flexibility index (Phi) is 5.90. The molecule has 1 saturated heterocycles. The van der Waals surface area contributed by atoms with Crippen molar-refractivity contribution in [2.45, 2.75) is 19.4 Å². The molecule has 22 heavy (non-hydrogen) atoms. The second-order valence-corrected chi connectivity index (χ2v) is 8.87. The molecule has 1 amide bonds. The van der Waals surface area contributed by atoms with Crippen LogP contribution in [0, 0.1) is 0 Å². The summed E-state index contributed by atoms with van der Waals surface area (Å²) in [6.45, 7) is 3.05. The summed E-state index contributed by atoms with van der Waals surface area (Å²) < 4.78 is 24.4. The lowest BCUT2D eigenvalue weighted by molar-refractivity contribution is 0.0960. The molecule has 0 atom stereocenters. The maximum atomic E-state index is 12.0. The third kappa shape index (κ3) is 4.73. The van der Waals surface area contributed by atoms with Crippen LogP contribution in [0.15, 0.2) is 6.20 Å². The number of rotatable bonds is 7. The molecule has 0 aliphatic carbocycles. The highest BCUT2D eigenvalue weighted by Crippen LogP contribution is 2.17. The second kappa shape index (κ2) is 7.49. The van der Waals surface area contributed by atoms with E-state index >= 15 is 0 Å². The maximum Gasteiger partial charge on any atom is 0.263 e. The summed E-state index contributed by atoms with van der Waals surface area (Å²) in [6.07, 6.45) is 4.00. The summed E-state index contributed by atoms with van der Waals surface area (Å²) in [5, 5.41) is 3.55. The zero-order valence-electron chi connectivity index (χ0n) is 12.9. The normalized spacial score (nSPS) is 16.3. The fourth-order valence-electron chi connectivity index (χ4n) is 2.18. The number of amides is 1. The van der Waals surface area contributed by atoms with Gasteiger partial charge in [0.25, 0.3) is 5.91 Å². The molecule has 1 aromatic rings. The molecule has 1 aliphatic heterocycles. The average Bonchev–Trinajstić information content (AvgIpc) is 3.10. The van der Waals surface area contributed by atoms with E-state index in [0.717, 1.165) is 28.9 Å². The van der Waals surface area contributed by atoms with E-state index in [2.05, 4.69) is 15.2 Å². The van der Waals surface area contributed by atoms with Gasteiger partial charge in [-0.05, 0) is 25.9 Å². The lowest BCUT2D eigenvalue weighted by Gasteiger charge is -2.11. The van der Waals surface area contributed by atoms with Crippen LogP contribution in [0.25, 0.3) is 0 Å². The minimum atomic E-state index is -3.29. The van der Waals surface area contributed by atoms with E-state index in [1.54, 1.807) is 6.20 Å². The predicted molar refractivity (Wildman–Crippen MR) is 86.4 cm³/mol. The monoisotopic (exact) mass is 346 g/mol. The minimum absolute atomic E-state index is 0.0959. The minimum Gasteiger partial charge on any atom is -0.350 e. The van der Waals surface area contributed by atoms with E-state index in [0.29, 0.717) is 4.88 Å². The fourth-order valence-corrected chi connectivity index (χ4v) is 3.79. The lowest BCUT2D eigenvalue weighted by atomic mass is 10.4. The Hall–Kier alpha value is -1.03. The number of sulfonamides is 1. The molecule has 2 rings (SSSR count). The molecule has 9 heteroatoms. The van der Waals surface area contributed by atoms with Gasteiger partial charge in [-0.3, -0.25) is 9.69 Å². The smallest absolute Gasteiger partial charge is 0.263 e. The molecule has 0 aromatic carbocycles. The van der Waals surface area contributed by atoms with Gasteiger partial charge in [0.1, 0.15) is 9.88 Å². The van der Waals surface area contributed by atoms with E-state index < -0.39 is 10.0 Å². The molecule has 1 N–H and O–H groups in total. The SMILES string of the molecule is CN(C)S(=O)(=O)CCNC(=O)c1cnc(CN2CCCC2)s1. The molecule has 0 unspecified atom stereocenters. The van der Waals surface area contributed by atoms with Crippen molar-refractivity contribution in [2.24, 2.45) is 0 Å². The van der Waals surface area contributed by atoms with Gasteiger partial charge in [0, 0.05) is 20.6 Å². The first-order valence-electron chi connectivity index (χ1n) is 7.24. The largest absolute Gasteiger partial charge is 0.350 e. The van der Waals surface area contributed by atoms with Gasteiger partial charge in [-0.2, -0.15) is 0 Å². The first-order valence-corrected chi connectivity index (χ1v) is 9.66. The van der Waals surface area contributed by atoms with Crippen molar-refractivity contribution in [3.8, 4) is 0 Å². The van der Waals surface area contributed by atoms with Crippen LogP contribution in [-0.2, 0) is 16.6 Å².